The Morgan fingerprint density at radius 1 is 1.42 bits per heavy atom. The third-order valence-electron chi connectivity index (χ3n) is 4.71. The van der Waals surface area contributed by atoms with E-state index in [1.807, 2.05) is 32.1 Å². The number of carbonyl (C=O) groups is 3. The number of ketones is 2. The van der Waals surface area contributed by atoms with Gasteiger partial charge in [-0.15, -0.1) is 0 Å². The van der Waals surface area contributed by atoms with Gasteiger partial charge in [-0.05, 0) is 18.8 Å². The molecule has 1 aromatic heterocycles. The highest BCUT2D eigenvalue weighted by Crippen LogP contribution is 2.26. The predicted octanol–water partition coefficient (Wildman–Crippen LogP) is 2.12. The first-order chi connectivity index (χ1) is 12.5. The summed E-state index contributed by atoms with van der Waals surface area (Å²) >= 11 is 0. The van der Waals surface area contributed by atoms with Crippen molar-refractivity contribution in [2.75, 3.05) is 11.9 Å². The average molecular weight is 357 g/mol. The van der Waals surface area contributed by atoms with Gasteiger partial charge in [-0.1, -0.05) is 32.1 Å². The van der Waals surface area contributed by atoms with Gasteiger partial charge in [0, 0.05) is 24.5 Å². The van der Waals surface area contributed by atoms with Crippen LogP contribution in [0.15, 0.2) is 28.8 Å². The van der Waals surface area contributed by atoms with Crippen molar-refractivity contribution in [1.29, 1.82) is 0 Å². The molecule has 2 heterocycles. The Labute approximate surface area is 151 Å². The molecule has 3 rings (SSSR count). The number of piperidine rings is 1. The number of Topliss-reactive ketones (excluding diaryl/α,β-unsaturated/α-hetero) is 2. The lowest BCUT2D eigenvalue weighted by molar-refractivity contribution is -0.143. The van der Waals surface area contributed by atoms with E-state index >= 15 is 0 Å². The molecule has 2 N–H and O–H groups in total. The summed E-state index contributed by atoms with van der Waals surface area (Å²) in [6.07, 6.45) is 8.93. The molecule has 1 amide bonds. The van der Waals surface area contributed by atoms with Gasteiger partial charge in [-0.2, -0.15) is 0 Å². The van der Waals surface area contributed by atoms with Crippen LogP contribution in [-0.4, -0.2) is 35.0 Å². The van der Waals surface area contributed by atoms with Crippen molar-refractivity contribution in [3.63, 3.8) is 0 Å². The molecule has 1 aromatic rings. The normalized spacial score (nSPS) is 20.9. The molecule has 0 radical (unpaired) electrons. The first-order valence-electron chi connectivity index (χ1n) is 8.89. The second kappa shape index (κ2) is 7.68. The van der Waals surface area contributed by atoms with Gasteiger partial charge in [0.1, 0.15) is 0 Å². The molecule has 1 saturated heterocycles. The second-order valence-electron chi connectivity index (χ2n) is 7.00. The van der Waals surface area contributed by atoms with Crippen LogP contribution in [0, 0.1) is 11.8 Å². The zero-order valence-electron chi connectivity index (χ0n) is 15.0. The highest BCUT2D eigenvalue weighted by atomic mass is 16.4. The van der Waals surface area contributed by atoms with Crippen LogP contribution in [0.1, 0.15) is 38.9 Å². The fourth-order valence-corrected chi connectivity index (χ4v) is 3.20. The van der Waals surface area contributed by atoms with Crippen molar-refractivity contribution in [2.45, 2.75) is 39.2 Å². The number of aromatic nitrogens is 1. The maximum absolute atomic E-state index is 12.7. The minimum Gasteiger partial charge on any atom is -0.424 e. The summed E-state index contributed by atoms with van der Waals surface area (Å²) in [7, 11) is 0. The summed E-state index contributed by atoms with van der Waals surface area (Å²) in [5, 5.41) is 5.56. The topological polar surface area (TPSA) is 101 Å². The maximum Gasteiger partial charge on any atom is 0.295 e. The molecule has 1 aliphatic heterocycles. The van der Waals surface area contributed by atoms with Crippen molar-refractivity contribution in [1.82, 2.24) is 10.3 Å². The standard InChI is InChI=1S/C19H23N3O4/c1-11(2)16(14(23)9-13-7-8-20-18(25)17(13)24)22-19-21-10-15(26-19)12-5-3-4-6-12/h3-5,10-11,13,16H,6-9H2,1-2H3,(H,20,25)(H,21,22). The molecular formula is C19H23N3O4. The Hall–Kier alpha value is -2.70. The van der Waals surface area contributed by atoms with Crippen LogP contribution in [0.2, 0.25) is 0 Å². The van der Waals surface area contributed by atoms with E-state index in [-0.39, 0.29) is 24.1 Å². The number of anilines is 1. The van der Waals surface area contributed by atoms with Gasteiger partial charge >= 0.3 is 0 Å². The van der Waals surface area contributed by atoms with Crippen LogP contribution < -0.4 is 10.6 Å². The van der Waals surface area contributed by atoms with Gasteiger partial charge in [0.05, 0.1) is 12.2 Å². The number of carbonyl (C=O) groups excluding carboxylic acids is 3. The number of amides is 1. The molecule has 0 saturated carbocycles. The lowest BCUT2D eigenvalue weighted by Crippen LogP contribution is -2.45. The molecule has 1 fully saturated rings. The first-order valence-corrected chi connectivity index (χ1v) is 8.89. The summed E-state index contributed by atoms with van der Waals surface area (Å²) < 4.78 is 5.71. The van der Waals surface area contributed by atoms with Crippen LogP contribution in [0.3, 0.4) is 0 Å². The Kier molecular flexibility index (Phi) is 5.35. The molecule has 0 spiro atoms. The van der Waals surface area contributed by atoms with Crippen molar-refractivity contribution < 1.29 is 18.8 Å². The smallest absolute Gasteiger partial charge is 0.295 e. The lowest BCUT2D eigenvalue weighted by Gasteiger charge is -2.24. The first kappa shape index (κ1) is 18.1. The van der Waals surface area contributed by atoms with Crippen molar-refractivity contribution in [3.05, 3.63) is 30.2 Å². The van der Waals surface area contributed by atoms with Gasteiger partial charge in [0.25, 0.3) is 11.9 Å². The van der Waals surface area contributed by atoms with Gasteiger partial charge in [-0.25, -0.2) is 4.98 Å². The summed E-state index contributed by atoms with van der Waals surface area (Å²) in [5.74, 6) is -1.11. The highest BCUT2D eigenvalue weighted by molar-refractivity contribution is 6.37. The van der Waals surface area contributed by atoms with Gasteiger partial charge in [0.2, 0.25) is 5.78 Å². The number of allylic oxidation sites excluding steroid dienone is 4. The van der Waals surface area contributed by atoms with E-state index in [0.29, 0.717) is 18.7 Å². The fourth-order valence-electron chi connectivity index (χ4n) is 3.20. The van der Waals surface area contributed by atoms with E-state index < -0.39 is 23.7 Å². The van der Waals surface area contributed by atoms with Crippen LogP contribution in [0.4, 0.5) is 6.01 Å². The lowest BCUT2D eigenvalue weighted by atomic mass is 9.87. The van der Waals surface area contributed by atoms with Crippen molar-refractivity contribution in [3.8, 4) is 0 Å². The van der Waals surface area contributed by atoms with E-state index in [4.69, 9.17) is 4.42 Å². The van der Waals surface area contributed by atoms with Crippen molar-refractivity contribution >= 4 is 29.1 Å². The number of oxazole rings is 1. The van der Waals surface area contributed by atoms with Gasteiger partial charge in [-0.3, -0.25) is 14.4 Å². The third-order valence-corrected chi connectivity index (χ3v) is 4.71. The van der Waals surface area contributed by atoms with Gasteiger partial charge in [0.15, 0.2) is 11.5 Å². The monoisotopic (exact) mass is 357 g/mol. The van der Waals surface area contributed by atoms with Gasteiger partial charge < -0.3 is 15.1 Å². The molecule has 2 unspecified atom stereocenters. The number of hydrogen-bond acceptors (Lipinski definition) is 6. The molecule has 0 aromatic carbocycles. The minimum atomic E-state index is -0.598. The average Bonchev–Trinajstić information content (AvgIpc) is 3.27. The summed E-state index contributed by atoms with van der Waals surface area (Å²) in [6.45, 7) is 4.25. The zero-order valence-corrected chi connectivity index (χ0v) is 15.0. The van der Waals surface area contributed by atoms with Crippen molar-refractivity contribution in [2.24, 2.45) is 11.8 Å². The molecule has 7 nitrogen and oxygen atoms in total. The summed E-state index contributed by atoms with van der Waals surface area (Å²) in [4.78, 5) is 40.4. The molecule has 2 atom stereocenters. The third kappa shape index (κ3) is 3.92. The molecule has 2 aliphatic rings. The SMILES string of the molecule is CC(C)C(Nc1ncc(C2=CC=CC2)o1)C(=O)CC1CCNC(=O)C1=O. The fraction of sp³-hybridized carbons (Fsp3) is 0.474. The maximum atomic E-state index is 12.7. The summed E-state index contributed by atoms with van der Waals surface area (Å²) in [6, 6.07) is -0.248. The van der Waals surface area contributed by atoms with E-state index in [1.54, 1.807) is 6.20 Å². The minimum absolute atomic E-state index is 0.0160. The molecular weight excluding hydrogens is 334 g/mol. The zero-order chi connectivity index (χ0) is 18.7. The Morgan fingerprint density at radius 2 is 2.23 bits per heavy atom. The Balaban J connectivity index is 1.66. The molecule has 138 valence electrons. The molecule has 0 bridgehead atoms. The molecule has 7 heteroatoms. The highest BCUT2D eigenvalue weighted by Gasteiger charge is 2.34. The van der Waals surface area contributed by atoms with Crippen LogP contribution in [0.25, 0.3) is 5.57 Å². The quantitative estimate of drug-likeness (QED) is 0.725. The molecule has 1 aliphatic carbocycles. The number of nitrogens with zero attached hydrogens (tertiary/aromatic N) is 1. The largest absolute Gasteiger partial charge is 0.424 e. The number of rotatable bonds is 7. The van der Waals surface area contributed by atoms with E-state index in [0.717, 1.165) is 12.0 Å². The van der Waals surface area contributed by atoms with Crippen LogP contribution in [-0.2, 0) is 14.4 Å². The van der Waals surface area contributed by atoms with Crippen LogP contribution >= 0.6 is 0 Å². The summed E-state index contributed by atoms with van der Waals surface area (Å²) in [5.41, 5.74) is 1.04. The van der Waals surface area contributed by atoms with E-state index in [2.05, 4.69) is 15.6 Å². The van der Waals surface area contributed by atoms with Crippen LogP contribution in [0.5, 0.6) is 0 Å². The number of nitrogens with one attached hydrogen (secondary N) is 2. The van der Waals surface area contributed by atoms with E-state index in [9.17, 15) is 14.4 Å². The molecule has 26 heavy (non-hydrogen) atoms. The van der Waals surface area contributed by atoms with E-state index in [1.165, 1.54) is 0 Å². The number of hydrogen-bond donors (Lipinski definition) is 2. The Morgan fingerprint density at radius 3 is 2.92 bits per heavy atom. The predicted molar refractivity (Wildman–Crippen MR) is 96.2 cm³/mol. The Bertz CT molecular complexity index is 776. The second-order valence-corrected chi connectivity index (χ2v) is 7.00.